The molecule has 0 saturated carbocycles. The zero-order chi connectivity index (χ0) is 11.1. The average molecular weight is 220 g/mol. The molecule has 0 spiro atoms. The van der Waals surface area contributed by atoms with Crippen molar-refractivity contribution in [2.24, 2.45) is 0 Å². The lowest BCUT2D eigenvalue weighted by molar-refractivity contribution is 0.493. The summed E-state index contributed by atoms with van der Waals surface area (Å²) in [6.45, 7) is 9.28. The van der Waals surface area contributed by atoms with Crippen LogP contribution in [-0.2, 0) is 5.41 Å². The van der Waals surface area contributed by atoms with Crippen molar-refractivity contribution in [3.8, 4) is 0 Å². The van der Waals surface area contributed by atoms with Gasteiger partial charge in [-0.2, -0.15) is 0 Å². The minimum absolute atomic E-state index is 0.367. The largest absolute Gasteiger partial charge is 0.126 e. The predicted molar refractivity (Wildman–Crippen MR) is 68.9 cm³/mol. The Balaban J connectivity index is 2.49. The van der Waals surface area contributed by atoms with Crippen molar-refractivity contribution in [2.45, 2.75) is 50.3 Å². The van der Waals surface area contributed by atoms with Gasteiger partial charge in [0.2, 0.25) is 0 Å². The minimum Gasteiger partial charge on any atom is -0.126 e. The third kappa shape index (κ3) is 2.08. The van der Waals surface area contributed by atoms with E-state index in [9.17, 15) is 0 Å². The van der Waals surface area contributed by atoms with Crippen molar-refractivity contribution in [1.82, 2.24) is 0 Å². The van der Waals surface area contributed by atoms with Crippen molar-refractivity contribution in [2.75, 3.05) is 5.75 Å². The third-order valence-electron chi connectivity index (χ3n) is 3.38. The Labute approximate surface area is 97.5 Å². The topological polar surface area (TPSA) is 0 Å². The van der Waals surface area contributed by atoms with E-state index in [1.165, 1.54) is 22.6 Å². The van der Waals surface area contributed by atoms with Crippen LogP contribution in [0.15, 0.2) is 23.1 Å². The minimum atomic E-state index is 0.367. The molecule has 1 heteroatoms. The van der Waals surface area contributed by atoms with Gasteiger partial charge in [-0.1, -0.05) is 39.8 Å². The molecular weight excluding hydrogens is 200 g/mol. The van der Waals surface area contributed by atoms with Crippen LogP contribution in [0.25, 0.3) is 0 Å². The second-order valence-corrected chi connectivity index (χ2v) is 6.53. The van der Waals surface area contributed by atoms with Gasteiger partial charge in [-0.15, -0.1) is 11.8 Å². The van der Waals surface area contributed by atoms with E-state index in [2.05, 4.69) is 45.9 Å². The molecule has 1 aliphatic rings. The van der Waals surface area contributed by atoms with E-state index < -0.39 is 0 Å². The Hall–Kier alpha value is -0.430. The quantitative estimate of drug-likeness (QED) is 0.667. The maximum absolute atomic E-state index is 2.42. The van der Waals surface area contributed by atoms with E-state index in [-0.39, 0.29) is 0 Å². The molecule has 0 unspecified atom stereocenters. The normalized spacial score (nSPS) is 19.0. The number of thioether (sulfide) groups is 1. The number of rotatable bonds is 1. The summed E-state index contributed by atoms with van der Waals surface area (Å²) >= 11 is 2.01. The van der Waals surface area contributed by atoms with Crippen LogP contribution in [0.3, 0.4) is 0 Å². The van der Waals surface area contributed by atoms with Crippen LogP contribution in [0.1, 0.15) is 51.2 Å². The first-order valence-corrected chi connectivity index (χ1v) is 6.76. The standard InChI is InChI=1S/C14H20S/c1-10(2)11-5-6-13-12(9-11)14(3,4)7-8-15-13/h5-6,9-10H,7-8H2,1-4H3. The van der Waals surface area contributed by atoms with Gasteiger partial charge in [-0.25, -0.2) is 0 Å². The first-order valence-electron chi connectivity index (χ1n) is 5.78. The molecule has 0 saturated heterocycles. The van der Waals surface area contributed by atoms with E-state index in [1.54, 1.807) is 5.56 Å². The van der Waals surface area contributed by atoms with Gasteiger partial charge >= 0.3 is 0 Å². The highest BCUT2D eigenvalue weighted by Gasteiger charge is 2.27. The van der Waals surface area contributed by atoms with Crippen LogP contribution >= 0.6 is 11.8 Å². The van der Waals surface area contributed by atoms with Crippen LogP contribution < -0.4 is 0 Å². The molecule has 0 aliphatic carbocycles. The molecule has 1 aliphatic heterocycles. The molecule has 1 aromatic rings. The maximum Gasteiger partial charge on any atom is 0.0110 e. The summed E-state index contributed by atoms with van der Waals surface area (Å²) in [5, 5.41) is 0. The molecule has 0 N–H and O–H groups in total. The van der Waals surface area contributed by atoms with Crippen molar-refractivity contribution < 1.29 is 0 Å². The lowest BCUT2D eigenvalue weighted by Crippen LogP contribution is -2.22. The Morgan fingerprint density at radius 2 is 2.00 bits per heavy atom. The molecule has 0 amide bonds. The highest BCUT2D eigenvalue weighted by molar-refractivity contribution is 7.99. The molecule has 0 fully saturated rings. The van der Waals surface area contributed by atoms with Gasteiger partial charge in [0.05, 0.1) is 0 Å². The fourth-order valence-corrected chi connectivity index (χ4v) is 3.60. The Morgan fingerprint density at radius 1 is 1.27 bits per heavy atom. The zero-order valence-electron chi connectivity index (χ0n) is 10.1. The van der Waals surface area contributed by atoms with Crippen LogP contribution in [0.5, 0.6) is 0 Å². The maximum atomic E-state index is 2.42. The summed E-state index contributed by atoms with van der Waals surface area (Å²) in [5.74, 6) is 1.90. The number of benzene rings is 1. The SMILES string of the molecule is CC(C)c1ccc2c(c1)C(C)(C)CCS2. The molecule has 1 heterocycles. The van der Waals surface area contributed by atoms with Crippen molar-refractivity contribution in [3.05, 3.63) is 29.3 Å². The number of hydrogen-bond acceptors (Lipinski definition) is 1. The first kappa shape index (κ1) is 11.1. The van der Waals surface area contributed by atoms with Crippen LogP contribution in [0.4, 0.5) is 0 Å². The smallest absolute Gasteiger partial charge is 0.0110 e. The van der Waals surface area contributed by atoms with E-state index in [1.807, 2.05) is 11.8 Å². The summed E-state index contributed by atoms with van der Waals surface area (Å²) in [6, 6.07) is 7.03. The molecule has 1 aromatic carbocycles. The summed E-state index contributed by atoms with van der Waals surface area (Å²) < 4.78 is 0. The second kappa shape index (κ2) is 3.86. The van der Waals surface area contributed by atoms with Gasteiger partial charge in [-0.05, 0) is 40.7 Å². The first-order chi connectivity index (χ1) is 7.00. The van der Waals surface area contributed by atoms with Gasteiger partial charge in [-0.3, -0.25) is 0 Å². The molecule has 0 bridgehead atoms. The highest BCUT2D eigenvalue weighted by Crippen LogP contribution is 2.42. The molecule has 0 radical (unpaired) electrons. The summed E-state index contributed by atoms with van der Waals surface area (Å²) in [7, 11) is 0. The number of fused-ring (bicyclic) bond motifs is 1. The van der Waals surface area contributed by atoms with Gasteiger partial charge < -0.3 is 0 Å². The average Bonchev–Trinajstić information content (AvgIpc) is 2.17. The predicted octanol–water partition coefficient (Wildman–Crippen LogP) is 4.58. The summed E-state index contributed by atoms with van der Waals surface area (Å²) in [6.07, 6.45) is 1.30. The van der Waals surface area contributed by atoms with Crippen LogP contribution in [0.2, 0.25) is 0 Å². The van der Waals surface area contributed by atoms with E-state index in [0.717, 1.165) is 0 Å². The molecule has 82 valence electrons. The third-order valence-corrected chi connectivity index (χ3v) is 4.46. The Bertz CT molecular complexity index is 364. The lowest BCUT2D eigenvalue weighted by Gasteiger charge is -2.32. The molecule has 15 heavy (non-hydrogen) atoms. The van der Waals surface area contributed by atoms with Gasteiger partial charge in [0, 0.05) is 4.90 Å². The molecule has 0 aromatic heterocycles. The van der Waals surface area contributed by atoms with Crippen molar-refractivity contribution >= 4 is 11.8 Å². The van der Waals surface area contributed by atoms with Gasteiger partial charge in [0.1, 0.15) is 0 Å². The lowest BCUT2D eigenvalue weighted by atomic mass is 9.80. The molecule has 2 rings (SSSR count). The Morgan fingerprint density at radius 3 is 2.67 bits per heavy atom. The highest BCUT2D eigenvalue weighted by atomic mass is 32.2. The van der Waals surface area contributed by atoms with E-state index in [4.69, 9.17) is 0 Å². The molecule has 0 nitrogen and oxygen atoms in total. The summed E-state index contributed by atoms with van der Waals surface area (Å²) in [4.78, 5) is 1.50. The second-order valence-electron chi connectivity index (χ2n) is 5.39. The molecule has 0 atom stereocenters. The van der Waals surface area contributed by atoms with Crippen LogP contribution in [0, 0.1) is 0 Å². The van der Waals surface area contributed by atoms with E-state index in [0.29, 0.717) is 11.3 Å². The fourth-order valence-electron chi connectivity index (χ4n) is 2.11. The van der Waals surface area contributed by atoms with Gasteiger partial charge in [0.25, 0.3) is 0 Å². The number of hydrogen-bond donors (Lipinski definition) is 0. The summed E-state index contributed by atoms with van der Waals surface area (Å²) in [5.41, 5.74) is 3.40. The monoisotopic (exact) mass is 220 g/mol. The van der Waals surface area contributed by atoms with Gasteiger partial charge in [0.15, 0.2) is 0 Å². The van der Waals surface area contributed by atoms with Crippen molar-refractivity contribution in [3.63, 3.8) is 0 Å². The molecular formula is C14H20S. The fraction of sp³-hybridized carbons (Fsp3) is 0.571. The van der Waals surface area contributed by atoms with E-state index >= 15 is 0 Å². The Kier molecular flexibility index (Phi) is 2.85. The van der Waals surface area contributed by atoms with Crippen molar-refractivity contribution in [1.29, 1.82) is 0 Å². The zero-order valence-corrected chi connectivity index (χ0v) is 10.9. The van der Waals surface area contributed by atoms with Crippen LogP contribution in [-0.4, -0.2) is 5.75 Å².